The van der Waals surface area contributed by atoms with E-state index in [1.54, 1.807) is 24.5 Å². The van der Waals surface area contributed by atoms with Gasteiger partial charge in [0.15, 0.2) is 5.78 Å². The minimum Gasteiger partial charge on any atom is -0.293 e. The standard InChI is InChI=1S/C12H15NO.C2H6/c1-9(2)7-10(3)12(14)11-5-4-6-13-8-11;1-2/h4-8,10H,1-3H3;1-2H3. The molecule has 0 saturated carbocycles. The highest BCUT2D eigenvalue weighted by Crippen LogP contribution is 2.10. The van der Waals surface area contributed by atoms with Crippen molar-refractivity contribution >= 4 is 5.78 Å². The molecule has 1 heterocycles. The lowest BCUT2D eigenvalue weighted by Crippen LogP contribution is -2.09. The van der Waals surface area contributed by atoms with Crippen LogP contribution in [0.15, 0.2) is 36.2 Å². The topological polar surface area (TPSA) is 30.0 Å². The molecule has 0 fully saturated rings. The van der Waals surface area contributed by atoms with Gasteiger partial charge in [-0.3, -0.25) is 9.78 Å². The van der Waals surface area contributed by atoms with Crippen molar-refractivity contribution in [2.24, 2.45) is 5.92 Å². The van der Waals surface area contributed by atoms with Crippen LogP contribution in [-0.2, 0) is 0 Å². The molecule has 0 spiro atoms. The molecule has 16 heavy (non-hydrogen) atoms. The van der Waals surface area contributed by atoms with Gasteiger partial charge in [-0.25, -0.2) is 0 Å². The fraction of sp³-hybridized carbons (Fsp3) is 0.429. The number of nitrogens with zero attached hydrogens (tertiary/aromatic N) is 1. The van der Waals surface area contributed by atoms with E-state index >= 15 is 0 Å². The monoisotopic (exact) mass is 219 g/mol. The summed E-state index contributed by atoms with van der Waals surface area (Å²) in [6.45, 7) is 9.89. The van der Waals surface area contributed by atoms with Gasteiger partial charge in [0.05, 0.1) is 0 Å². The molecule has 1 unspecified atom stereocenters. The molecule has 1 rings (SSSR count). The van der Waals surface area contributed by atoms with E-state index in [4.69, 9.17) is 0 Å². The van der Waals surface area contributed by atoms with Gasteiger partial charge in [0, 0.05) is 23.9 Å². The number of carbonyl (C=O) groups excluding carboxylic acids is 1. The molecule has 0 saturated heterocycles. The Labute approximate surface area is 98.4 Å². The largest absolute Gasteiger partial charge is 0.293 e. The van der Waals surface area contributed by atoms with Crippen molar-refractivity contribution in [1.82, 2.24) is 4.98 Å². The maximum Gasteiger partial charge on any atom is 0.170 e. The molecule has 0 radical (unpaired) electrons. The highest BCUT2D eigenvalue weighted by Gasteiger charge is 2.12. The molecule has 0 aromatic carbocycles. The van der Waals surface area contributed by atoms with Gasteiger partial charge in [0.1, 0.15) is 0 Å². The lowest BCUT2D eigenvalue weighted by atomic mass is 9.99. The van der Waals surface area contributed by atoms with E-state index in [-0.39, 0.29) is 11.7 Å². The zero-order valence-corrected chi connectivity index (χ0v) is 10.8. The predicted octanol–water partition coefficient (Wildman–Crippen LogP) is 3.89. The predicted molar refractivity (Wildman–Crippen MR) is 68.5 cm³/mol. The number of allylic oxidation sites excluding steroid dienone is 2. The van der Waals surface area contributed by atoms with Crippen molar-refractivity contribution in [3.05, 3.63) is 41.7 Å². The van der Waals surface area contributed by atoms with Crippen molar-refractivity contribution in [3.63, 3.8) is 0 Å². The zero-order chi connectivity index (χ0) is 12.6. The first-order valence-corrected chi connectivity index (χ1v) is 5.70. The molecular formula is C14H21NO. The summed E-state index contributed by atoms with van der Waals surface area (Å²) in [5.41, 5.74) is 1.84. The van der Waals surface area contributed by atoms with Crippen LogP contribution >= 0.6 is 0 Å². The van der Waals surface area contributed by atoms with Gasteiger partial charge in [-0.1, -0.05) is 32.4 Å². The van der Waals surface area contributed by atoms with Crippen LogP contribution in [0.5, 0.6) is 0 Å². The Bertz CT molecular complexity index is 337. The van der Waals surface area contributed by atoms with E-state index in [9.17, 15) is 4.79 Å². The average Bonchev–Trinajstić information content (AvgIpc) is 2.31. The second-order valence-corrected chi connectivity index (χ2v) is 3.64. The summed E-state index contributed by atoms with van der Waals surface area (Å²) in [5, 5.41) is 0. The quantitative estimate of drug-likeness (QED) is 0.570. The molecule has 2 heteroatoms. The van der Waals surface area contributed by atoms with E-state index in [1.807, 2.05) is 40.7 Å². The Kier molecular flexibility index (Phi) is 7.10. The fourth-order valence-corrected chi connectivity index (χ4v) is 1.35. The first kappa shape index (κ1) is 14.6. The van der Waals surface area contributed by atoms with Crippen molar-refractivity contribution < 1.29 is 4.79 Å². The third kappa shape index (κ3) is 4.87. The molecule has 88 valence electrons. The number of aromatic nitrogens is 1. The van der Waals surface area contributed by atoms with Gasteiger partial charge >= 0.3 is 0 Å². The Morgan fingerprint density at radius 3 is 2.44 bits per heavy atom. The minimum absolute atomic E-state index is 0.0656. The first-order valence-electron chi connectivity index (χ1n) is 5.70. The van der Waals surface area contributed by atoms with Crippen LogP contribution < -0.4 is 0 Å². The van der Waals surface area contributed by atoms with Crippen molar-refractivity contribution in [2.75, 3.05) is 0 Å². The molecule has 1 atom stereocenters. The Balaban J connectivity index is 0.00000106. The normalized spacial score (nSPS) is 10.8. The third-order valence-corrected chi connectivity index (χ3v) is 1.94. The molecule has 0 aliphatic rings. The molecule has 1 aromatic heterocycles. The van der Waals surface area contributed by atoms with Crippen LogP contribution in [-0.4, -0.2) is 10.8 Å². The van der Waals surface area contributed by atoms with Crippen LogP contribution in [0.4, 0.5) is 0 Å². The summed E-state index contributed by atoms with van der Waals surface area (Å²) in [6, 6.07) is 3.58. The van der Waals surface area contributed by atoms with E-state index < -0.39 is 0 Å². The SMILES string of the molecule is CC.CC(C)=CC(C)C(=O)c1cccnc1. The van der Waals surface area contributed by atoms with E-state index in [1.165, 1.54) is 0 Å². The summed E-state index contributed by atoms with van der Waals surface area (Å²) in [5.74, 6) is 0.0588. The fourth-order valence-electron chi connectivity index (χ4n) is 1.35. The number of pyridine rings is 1. The molecular weight excluding hydrogens is 198 g/mol. The van der Waals surface area contributed by atoms with E-state index in [0.29, 0.717) is 5.56 Å². The van der Waals surface area contributed by atoms with Crippen LogP contribution in [0.2, 0.25) is 0 Å². The zero-order valence-electron chi connectivity index (χ0n) is 10.8. The van der Waals surface area contributed by atoms with Gasteiger partial charge in [0.25, 0.3) is 0 Å². The van der Waals surface area contributed by atoms with Gasteiger partial charge in [0.2, 0.25) is 0 Å². The lowest BCUT2D eigenvalue weighted by Gasteiger charge is -2.05. The third-order valence-electron chi connectivity index (χ3n) is 1.94. The number of carbonyl (C=O) groups is 1. The smallest absolute Gasteiger partial charge is 0.170 e. The van der Waals surface area contributed by atoms with Gasteiger partial charge in [-0.2, -0.15) is 0 Å². The number of hydrogen-bond acceptors (Lipinski definition) is 2. The lowest BCUT2D eigenvalue weighted by molar-refractivity contribution is 0.0952. The van der Waals surface area contributed by atoms with Crippen LogP contribution in [0.3, 0.4) is 0 Å². The number of Topliss-reactive ketones (excluding diaryl/α,β-unsaturated/α-hetero) is 1. The molecule has 0 N–H and O–H groups in total. The number of ketones is 1. The highest BCUT2D eigenvalue weighted by molar-refractivity contribution is 5.98. The summed E-state index contributed by atoms with van der Waals surface area (Å²) >= 11 is 0. The van der Waals surface area contributed by atoms with E-state index in [2.05, 4.69) is 4.98 Å². The molecule has 0 aliphatic heterocycles. The van der Waals surface area contributed by atoms with Gasteiger partial charge < -0.3 is 0 Å². The first-order chi connectivity index (χ1) is 7.61. The molecule has 0 bridgehead atoms. The van der Waals surface area contributed by atoms with Crippen LogP contribution in [0, 0.1) is 5.92 Å². The van der Waals surface area contributed by atoms with Crippen molar-refractivity contribution in [3.8, 4) is 0 Å². The van der Waals surface area contributed by atoms with Gasteiger partial charge in [-0.05, 0) is 26.0 Å². The summed E-state index contributed by atoms with van der Waals surface area (Å²) in [7, 11) is 0. The number of hydrogen-bond donors (Lipinski definition) is 0. The van der Waals surface area contributed by atoms with Crippen LogP contribution in [0.1, 0.15) is 45.0 Å². The summed E-state index contributed by atoms with van der Waals surface area (Å²) in [6.07, 6.45) is 5.25. The molecule has 1 aromatic rings. The summed E-state index contributed by atoms with van der Waals surface area (Å²) < 4.78 is 0. The maximum absolute atomic E-state index is 11.8. The maximum atomic E-state index is 11.8. The summed E-state index contributed by atoms with van der Waals surface area (Å²) in [4.78, 5) is 15.7. The number of rotatable bonds is 3. The van der Waals surface area contributed by atoms with Gasteiger partial charge in [-0.15, -0.1) is 0 Å². The average molecular weight is 219 g/mol. The molecule has 0 amide bonds. The van der Waals surface area contributed by atoms with E-state index in [0.717, 1.165) is 5.57 Å². The molecule has 2 nitrogen and oxygen atoms in total. The van der Waals surface area contributed by atoms with Crippen LogP contribution in [0.25, 0.3) is 0 Å². The van der Waals surface area contributed by atoms with Crippen molar-refractivity contribution in [2.45, 2.75) is 34.6 Å². The Morgan fingerprint density at radius 2 is 2.00 bits per heavy atom. The Hall–Kier alpha value is -1.44. The minimum atomic E-state index is -0.0656. The second kappa shape index (κ2) is 7.80. The highest BCUT2D eigenvalue weighted by atomic mass is 16.1. The molecule has 0 aliphatic carbocycles. The van der Waals surface area contributed by atoms with Crippen molar-refractivity contribution in [1.29, 1.82) is 0 Å². The second-order valence-electron chi connectivity index (χ2n) is 3.64. The Morgan fingerprint density at radius 1 is 1.38 bits per heavy atom.